The number of hydrogen-bond acceptors (Lipinski definition) is 7. The third-order valence-corrected chi connectivity index (χ3v) is 4.76. The number of pyridine rings is 2. The third kappa shape index (κ3) is 2.97. The first-order chi connectivity index (χ1) is 14.6. The van der Waals surface area contributed by atoms with Gasteiger partial charge in [-0.1, -0.05) is 12.1 Å². The zero-order chi connectivity index (χ0) is 20.7. The Kier molecular flexibility index (Phi) is 4.22. The molecule has 3 N–H and O–H groups in total. The lowest BCUT2D eigenvalue weighted by atomic mass is 10.2. The number of imidazole rings is 1. The Morgan fingerprint density at radius 1 is 1.03 bits per heavy atom. The Labute approximate surface area is 171 Å². The van der Waals surface area contributed by atoms with E-state index >= 15 is 0 Å². The number of aliphatic hydroxyl groups is 1. The number of nitrogen functional groups attached to an aromatic ring is 1. The van der Waals surface area contributed by atoms with E-state index in [-0.39, 0.29) is 6.61 Å². The monoisotopic (exact) mass is 398 g/mol. The van der Waals surface area contributed by atoms with Crippen LogP contribution in [0, 0.1) is 6.92 Å². The molecule has 9 heteroatoms. The number of fused-ring (bicyclic) bond motifs is 1. The van der Waals surface area contributed by atoms with Crippen LogP contribution in [-0.2, 0) is 6.61 Å². The van der Waals surface area contributed by atoms with Gasteiger partial charge in [-0.25, -0.2) is 15.0 Å². The molecule has 9 nitrogen and oxygen atoms in total. The van der Waals surface area contributed by atoms with Gasteiger partial charge < -0.3 is 10.8 Å². The molecule has 0 radical (unpaired) electrons. The lowest BCUT2D eigenvalue weighted by Crippen LogP contribution is -2.05. The molecule has 0 unspecified atom stereocenters. The lowest BCUT2D eigenvalue weighted by Gasteiger charge is -2.11. The number of nitrogens with zero attached hydrogens (tertiary/aromatic N) is 7. The molecule has 148 valence electrons. The summed E-state index contributed by atoms with van der Waals surface area (Å²) in [5.74, 6) is 1.58. The number of aryl methyl sites for hydroxylation is 1. The number of nitrogens with two attached hydrogens (primary N) is 1. The van der Waals surface area contributed by atoms with E-state index in [4.69, 9.17) is 15.7 Å². The van der Waals surface area contributed by atoms with Crippen molar-refractivity contribution in [2.24, 2.45) is 0 Å². The number of aromatic nitrogens is 7. The molecule has 5 aromatic rings. The predicted molar refractivity (Wildman–Crippen MR) is 112 cm³/mol. The Bertz CT molecular complexity index is 1350. The van der Waals surface area contributed by atoms with Crippen LogP contribution in [0.5, 0.6) is 0 Å². The van der Waals surface area contributed by atoms with Gasteiger partial charge >= 0.3 is 0 Å². The fourth-order valence-electron chi connectivity index (χ4n) is 3.29. The largest absolute Gasteiger partial charge is 0.392 e. The highest BCUT2D eigenvalue weighted by Gasteiger charge is 2.19. The lowest BCUT2D eigenvalue weighted by molar-refractivity contribution is 0.282. The van der Waals surface area contributed by atoms with Crippen molar-refractivity contribution in [3.8, 4) is 22.9 Å². The highest BCUT2D eigenvalue weighted by molar-refractivity contribution is 5.83. The van der Waals surface area contributed by atoms with Gasteiger partial charge in [-0.2, -0.15) is 10.2 Å². The van der Waals surface area contributed by atoms with Crippen LogP contribution in [0.15, 0.2) is 60.9 Å². The molecule has 0 fully saturated rings. The van der Waals surface area contributed by atoms with E-state index in [0.29, 0.717) is 34.2 Å². The summed E-state index contributed by atoms with van der Waals surface area (Å²) in [6.07, 6.45) is 3.32. The van der Waals surface area contributed by atoms with E-state index in [1.165, 1.54) is 4.80 Å². The molecule has 0 atom stereocenters. The molecule has 4 aromatic heterocycles. The van der Waals surface area contributed by atoms with E-state index in [1.807, 2.05) is 60.0 Å². The minimum atomic E-state index is -0.0277. The van der Waals surface area contributed by atoms with Crippen LogP contribution in [0.2, 0.25) is 0 Å². The summed E-state index contributed by atoms with van der Waals surface area (Å²) in [7, 11) is 0. The number of anilines is 1. The second kappa shape index (κ2) is 7.05. The summed E-state index contributed by atoms with van der Waals surface area (Å²) in [5, 5.41) is 18.0. The van der Waals surface area contributed by atoms with Crippen molar-refractivity contribution in [3.63, 3.8) is 0 Å². The van der Waals surface area contributed by atoms with E-state index < -0.39 is 0 Å². The van der Waals surface area contributed by atoms with Crippen LogP contribution in [0.3, 0.4) is 0 Å². The highest BCUT2D eigenvalue weighted by atomic mass is 16.3. The second-order valence-electron chi connectivity index (χ2n) is 6.82. The van der Waals surface area contributed by atoms with Crippen LogP contribution in [0.4, 0.5) is 5.82 Å². The Hall–Kier alpha value is -4.11. The van der Waals surface area contributed by atoms with Gasteiger partial charge in [0, 0.05) is 11.9 Å². The van der Waals surface area contributed by atoms with Crippen molar-refractivity contribution < 1.29 is 5.11 Å². The van der Waals surface area contributed by atoms with Gasteiger partial charge in [0.2, 0.25) is 0 Å². The first kappa shape index (κ1) is 18.0. The summed E-state index contributed by atoms with van der Waals surface area (Å²) in [4.78, 5) is 15.3. The Balaban J connectivity index is 1.79. The van der Waals surface area contributed by atoms with Crippen LogP contribution in [-0.4, -0.2) is 39.6 Å². The second-order valence-corrected chi connectivity index (χ2v) is 6.82. The van der Waals surface area contributed by atoms with Crippen LogP contribution >= 0.6 is 0 Å². The van der Waals surface area contributed by atoms with Gasteiger partial charge in [-0.05, 0) is 48.9 Å². The van der Waals surface area contributed by atoms with Crippen molar-refractivity contribution in [1.29, 1.82) is 0 Å². The Morgan fingerprint density at radius 3 is 2.57 bits per heavy atom. The van der Waals surface area contributed by atoms with Gasteiger partial charge in [-0.15, -0.1) is 4.80 Å². The zero-order valence-corrected chi connectivity index (χ0v) is 16.1. The molecule has 0 aliphatic carbocycles. The van der Waals surface area contributed by atoms with Crippen molar-refractivity contribution in [2.45, 2.75) is 13.5 Å². The summed E-state index contributed by atoms with van der Waals surface area (Å²) in [6, 6.07) is 14.9. The van der Waals surface area contributed by atoms with Gasteiger partial charge in [-0.3, -0.25) is 4.57 Å². The molecular formula is C21H18N8O. The molecule has 5 rings (SSSR count). The quantitative estimate of drug-likeness (QED) is 0.477. The van der Waals surface area contributed by atoms with Gasteiger partial charge in [0.25, 0.3) is 0 Å². The van der Waals surface area contributed by atoms with Crippen molar-refractivity contribution in [1.82, 2.24) is 34.5 Å². The van der Waals surface area contributed by atoms with Crippen molar-refractivity contribution in [3.05, 3.63) is 72.2 Å². The first-order valence-electron chi connectivity index (χ1n) is 9.34. The molecule has 0 saturated carbocycles. The minimum absolute atomic E-state index is 0.0277. The van der Waals surface area contributed by atoms with E-state index in [2.05, 4.69) is 15.2 Å². The maximum absolute atomic E-state index is 9.39. The molecule has 0 spiro atoms. The Morgan fingerprint density at radius 2 is 1.87 bits per heavy atom. The maximum atomic E-state index is 9.39. The topological polar surface area (TPSA) is 121 Å². The van der Waals surface area contributed by atoms with Crippen molar-refractivity contribution >= 4 is 17.0 Å². The summed E-state index contributed by atoms with van der Waals surface area (Å²) in [6.45, 7) is 1.85. The number of benzene rings is 1. The highest BCUT2D eigenvalue weighted by Crippen LogP contribution is 2.30. The molecule has 30 heavy (non-hydrogen) atoms. The van der Waals surface area contributed by atoms with E-state index in [0.717, 1.165) is 16.9 Å². The number of hydrogen-bond donors (Lipinski definition) is 2. The molecule has 0 amide bonds. The van der Waals surface area contributed by atoms with Gasteiger partial charge in [0.15, 0.2) is 17.3 Å². The first-order valence-corrected chi connectivity index (χ1v) is 9.34. The SMILES string of the molecule is Cc1cnn(-c2ccc3nc(-c4cccnc4N)n(-c4ccc(CO)cc4)c3n2)n1. The molecule has 4 heterocycles. The van der Waals surface area contributed by atoms with E-state index in [1.54, 1.807) is 12.4 Å². The van der Waals surface area contributed by atoms with E-state index in [9.17, 15) is 5.11 Å². The zero-order valence-electron chi connectivity index (χ0n) is 16.1. The van der Waals surface area contributed by atoms with Crippen LogP contribution < -0.4 is 5.73 Å². The van der Waals surface area contributed by atoms with Crippen LogP contribution in [0.25, 0.3) is 34.1 Å². The maximum Gasteiger partial charge on any atom is 0.176 e. The molecular weight excluding hydrogens is 380 g/mol. The summed E-state index contributed by atoms with van der Waals surface area (Å²) < 4.78 is 1.92. The average molecular weight is 398 g/mol. The number of rotatable bonds is 4. The molecule has 0 aliphatic rings. The molecule has 0 aliphatic heterocycles. The fraction of sp³-hybridized carbons (Fsp3) is 0.0952. The van der Waals surface area contributed by atoms with Gasteiger partial charge in [0.05, 0.1) is 24.1 Å². The van der Waals surface area contributed by atoms with Crippen LogP contribution in [0.1, 0.15) is 11.3 Å². The fourth-order valence-corrected chi connectivity index (χ4v) is 3.29. The molecule has 0 saturated heterocycles. The normalized spacial score (nSPS) is 11.3. The summed E-state index contributed by atoms with van der Waals surface area (Å²) >= 11 is 0. The number of aliphatic hydroxyl groups excluding tert-OH is 1. The standard InChI is InChI=1S/C21H18N8O/c1-13-11-24-29(27-13)18-9-8-17-21(26-18)28(15-6-4-14(12-30)5-7-15)20(25-17)16-3-2-10-23-19(16)22/h2-11,30H,12H2,1H3,(H2,22,23). The van der Waals surface area contributed by atoms with Gasteiger partial charge in [0.1, 0.15) is 11.3 Å². The smallest absolute Gasteiger partial charge is 0.176 e. The van der Waals surface area contributed by atoms with Crippen molar-refractivity contribution in [2.75, 3.05) is 5.73 Å². The molecule has 0 bridgehead atoms. The molecule has 1 aromatic carbocycles. The average Bonchev–Trinajstić information content (AvgIpc) is 3.37. The predicted octanol–water partition coefficient (Wildman–Crippen LogP) is 2.45. The summed E-state index contributed by atoms with van der Waals surface area (Å²) in [5.41, 5.74) is 10.6. The third-order valence-electron chi connectivity index (χ3n) is 4.76. The minimum Gasteiger partial charge on any atom is -0.392 e.